The molecule has 0 radical (unpaired) electrons. The van der Waals surface area contributed by atoms with Crippen LogP contribution in [0.5, 0.6) is 0 Å². The zero-order valence-corrected chi connectivity index (χ0v) is 17.4. The molecule has 29 heavy (non-hydrogen) atoms. The maximum Gasteiger partial charge on any atom is 0.276 e. The third kappa shape index (κ3) is 3.56. The van der Waals surface area contributed by atoms with E-state index in [0.717, 1.165) is 81.9 Å². The van der Waals surface area contributed by atoms with Crippen LogP contribution < -0.4 is 0 Å². The summed E-state index contributed by atoms with van der Waals surface area (Å²) in [6.07, 6.45) is 7.71. The third-order valence-electron chi connectivity index (χ3n) is 6.78. The molecular weight excluding hydrogens is 366 g/mol. The van der Waals surface area contributed by atoms with E-state index in [4.69, 9.17) is 9.51 Å². The van der Waals surface area contributed by atoms with Gasteiger partial charge in [-0.1, -0.05) is 12.1 Å². The van der Waals surface area contributed by atoms with Crippen LogP contribution in [0.15, 0.2) is 10.7 Å². The van der Waals surface area contributed by atoms with E-state index in [-0.39, 0.29) is 5.91 Å². The SMILES string of the molecule is CC1CCc2onc(C(=O)N3CCC(c4ncc5c(n4)CCN(C)C5)CC3)c2C1. The van der Waals surface area contributed by atoms with Gasteiger partial charge in [0.25, 0.3) is 5.91 Å². The second-order valence-corrected chi connectivity index (χ2v) is 9.04. The average molecular weight is 396 g/mol. The lowest BCUT2D eigenvalue weighted by Gasteiger charge is -2.32. The summed E-state index contributed by atoms with van der Waals surface area (Å²) in [5.74, 6) is 2.80. The molecule has 1 aliphatic carbocycles. The molecule has 1 fully saturated rings. The summed E-state index contributed by atoms with van der Waals surface area (Å²) < 4.78 is 5.48. The van der Waals surface area contributed by atoms with Gasteiger partial charge in [0.1, 0.15) is 11.6 Å². The van der Waals surface area contributed by atoms with Crippen molar-refractivity contribution in [2.75, 3.05) is 26.7 Å². The number of rotatable bonds is 2. The second kappa shape index (κ2) is 7.52. The van der Waals surface area contributed by atoms with Crippen molar-refractivity contribution in [1.29, 1.82) is 0 Å². The van der Waals surface area contributed by atoms with Crippen LogP contribution in [0.4, 0.5) is 0 Å². The highest BCUT2D eigenvalue weighted by molar-refractivity contribution is 5.94. The highest BCUT2D eigenvalue weighted by atomic mass is 16.5. The quantitative estimate of drug-likeness (QED) is 0.778. The summed E-state index contributed by atoms with van der Waals surface area (Å²) in [5, 5.41) is 4.14. The van der Waals surface area contributed by atoms with Gasteiger partial charge in [0.05, 0.1) is 0 Å². The zero-order chi connectivity index (χ0) is 20.0. The number of likely N-dealkylation sites (tertiary alicyclic amines) is 1. The van der Waals surface area contributed by atoms with Crippen molar-refractivity contribution in [3.8, 4) is 0 Å². The molecule has 2 aromatic heterocycles. The molecule has 0 spiro atoms. The topological polar surface area (TPSA) is 75.4 Å². The summed E-state index contributed by atoms with van der Waals surface area (Å²) >= 11 is 0. The maximum atomic E-state index is 13.1. The van der Waals surface area contributed by atoms with Gasteiger partial charge in [-0.25, -0.2) is 9.97 Å². The van der Waals surface area contributed by atoms with E-state index >= 15 is 0 Å². The number of fused-ring (bicyclic) bond motifs is 2. The average Bonchev–Trinajstić information content (AvgIpc) is 3.16. The highest BCUT2D eigenvalue weighted by Gasteiger charge is 2.32. The number of aromatic nitrogens is 3. The molecule has 0 saturated carbocycles. The molecule has 0 bridgehead atoms. The number of piperidine rings is 1. The Morgan fingerprint density at radius 3 is 2.83 bits per heavy atom. The van der Waals surface area contributed by atoms with Crippen LogP contribution in [-0.4, -0.2) is 57.5 Å². The van der Waals surface area contributed by atoms with E-state index in [1.165, 1.54) is 11.3 Å². The summed E-state index contributed by atoms with van der Waals surface area (Å²) in [6, 6.07) is 0. The minimum absolute atomic E-state index is 0.0250. The largest absolute Gasteiger partial charge is 0.360 e. The first-order chi connectivity index (χ1) is 14.1. The van der Waals surface area contributed by atoms with Gasteiger partial charge in [-0.3, -0.25) is 4.79 Å². The van der Waals surface area contributed by atoms with Gasteiger partial charge in [0.2, 0.25) is 0 Å². The molecule has 7 heteroatoms. The standard InChI is InChI=1S/C22H29N5O2/c1-14-3-4-19-17(11-14)20(25-29-19)22(28)27-9-5-15(6-10-27)21-23-12-16-13-26(2)8-7-18(16)24-21/h12,14-15H,3-11,13H2,1-2H3. The van der Waals surface area contributed by atoms with Crippen LogP contribution in [0.3, 0.4) is 0 Å². The summed E-state index contributed by atoms with van der Waals surface area (Å²) in [5.41, 5.74) is 4.04. The Morgan fingerprint density at radius 2 is 2.00 bits per heavy atom. The van der Waals surface area contributed by atoms with E-state index in [1.54, 1.807) is 0 Å². The van der Waals surface area contributed by atoms with Crippen LogP contribution in [0.1, 0.15) is 71.0 Å². The van der Waals surface area contributed by atoms with Crippen molar-refractivity contribution in [3.63, 3.8) is 0 Å². The van der Waals surface area contributed by atoms with Crippen molar-refractivity contribution in [2.45, 2.75) is 57.9 Å². The zero-order valence-electron chi connectivity index (χ0n) is 17.4. The number of hydrogen-bond donors (Lipinski definition) is 0. The second-order valence-electron chi connectivity index (χ2n) is 9.04. The predicted molar refractivity (Wildman–Crippen MR) is 108 cm³/mol. The lowest BCUT2D eigenvalue weighted by atomic mass is 9.88. The van der Waals surface area contributed by atoms with E-state index in [1.807, 2.05) is 11.1 Å². The summed E-state index contributed by atoms with van der Waals surface area (Å²) in [4.78, 5) is 26.9. The monoisotopic (exact) mass is 395 g/mol. The Hall–Kier alpha value is -2.28. The van der Waals surface area contributed by atoms with Gasteiger partial charge in [-0.15, -0.1) is 0 Å². The Bertz CT molecular complexity index is 916. The van der Waals surface area contributed by atoms with Crippen molar-refractivity contribution in [2.24, 2.45) is 5.92 Å². The van der Waals surface area contributed by atoms with Crippen LogP contribution in [0.25, 0.3) is 0 Å². The molecule has 1 saturated heterocycles. The summed E-state index contributed by atoms with van der Waals surface area (Å²) in [6.45, 7) is 5.67. The Labute approximate surface area is 171 Å². The Kier molecular flexibility index (Phi) is 4.86. The van der Waals surface area contributed by atoms with Crippen LogP contribution in [-0.2, 0) is 25.8 Å². The van der Waals surface area contributed by atoms with Crippen molar-refractivity contribution < 1.29 is 9.32 Å². The fourth-order valence-corrected chi connectivity index (χ4v) is 4.91. The number of nitrogens with zero attached hydrogens (tertiary/aromatic N) is 5. The normalized spacial score (nSPS) is 23.0. The molecule has 1 amide bonds. The minimum Gasteiger partial charge on any atom is -0.360 e. The molecule has 2 aromatic rings. The van der Waals surface area contributed by atoms with Crippen molar-refractivity contribution in [3.05, 3.63) is 40.3 Å². The maximum absolute atomic E-state index is 13.1. The molecule has 1 atom stereocenters. The Morgan fingerprint density at radius 1 is 1.17 bits per heavy atom. The first-order valence-electron chi connectivity index (χ1n) is 10.9. The van der Waals surface area contributed by atoms with Gasteiger partial charge in [-0.05, 0) is 38.6 Å². The van der Waals surface area contributed by atoms with Gasteiger partial charge in [0.15, 0.2) is 5.69 Å². The number of hydrogen-bond acceptors (Lipinski definition) is 6. The number of likely N-dealkylation sites (N-methyl/N-ethyl adjacent to an activating group) is 1. The van der Waals surface area contributed by atoms with Gasteiger partial charge in [0, 0.05) is 68.0 Å². The van der Waals surface area contributed by atoms with Gasteiger partial charge in [-0.2, -0.15) is 0 Å². The number of aryl methyl sites for hydroxylation is 1. The molecule has 154 valence electrons. The lowest BCUT2D eigenvalue weighted by Crippen LogP contribution is -2.39. The van der Waals surface area contributed by atoms with Crippen LogP contribution in [0, 0.1) is 5.92 Å². The van der Waals surface area contributed by atoms with E-state index in [2.05, 4.69) is 29.0 Å². The van der Waals surface area contributed by atoms with Crippen molar-refractivity contribution >= 4 is 5.91 Å². The van der Waals surface area contributed by atoms with Crippen LogP contribution >= 0.6 is 0 Å². The fraction of sp³-hybridized carbons (Fsp3) is 0.636. The molecule has 3 aliphatic rings. The molecular formula is C22H29N5O2. The molecule has 7 nitrogen and oxygen atoms in total. The smallest absolute Gasteiger partial charge is 0.276 e. The predicted octanol–water partition coefficient (Wildman–Crippen LogP) is 2.60. The fourth-order valence-electron chi connectivity index (χ4n) is 4.91. The van der Waals surface area contributed by atoms with E-state index in [9.17, 15) is 4.79 Å². The first-order valence-corrected chi connectivity index (χ1v) is 10.9. The van der Waals surface area contributed by atoms with E-state index in [0.29, 0.717) is 17.5 Å². The van der Waals surface area contributed by atoms with Crippen molar-refractivity contribution in [1.82, 2.24) is 24.9 Å². The molecule has 0 N–H and O–H groups in total. The molecule has 4 heterocycles. The highest BCUT2D eigenvalue weighted by Crippen LogP contribution is 2.31. The lowest BCUT2D eigenvalue weighted by molar-refractivity contribution is 0.0699. The van der Waals surface area contributed by atoms with Gasteiger partial charge >= 0.3 is 0 Å². The molecule has 5 rings (SSSR count). The number of carbonyl (C=O) groups is 1. The number of amides is 1. The first kappa shape index (κ1) is 18.7. The molecule has 0 aromatic carbocycles. The summed E-state index contributed by atoms with van der Waals surface area (Å²) in [7, 11) is 2.14. The molecule has 1 unspecified atom stereocenters. The minimum atomic E-state index is 0.0250. The number of carbonyl (C=O) groups excluding carboxylic acids is 1. The van der Waals surface area contributed by atoms with Crippen LogP contribution in [0.2, 0.25) is 0 Å². The van der Waals surface area contributed by atoms with E-state index < -0.39 is 0 Å². The van der Waals surface area contributed by atoms with Gasteiger partial charge < -0.3 is 14.3 Å². The Balaban J connectivity index is 1.25. The third-order valence-corrected chi connectivity index (χ3v) is 6.78. The molecule has 2 aliphatic heterocycles.